The largest absolute Gasteiger partial charge is 0.480 e. The van der Waals surface area contributed by atoms with Gasteiger partial charge < -0.3 is 19.9 Å². The lowest BCUT2D eigenvalue weighted by Crippen LogP contribution is -2.43. The van der Waals surface area contributed by atoms with Crippen LogP contribution in [-0.2, 0) is 9.53 Å². The summed E-state index contributed by atoms with van der Waals surface area (Å²) >= 11 is 0. The van der Waals surface area contributed by atoms with E-state index in [1.807, 2.05) is 0 Å². The molecule has 0 heterocycles. The van der Waals surface area contributed by atoms with Crippen LogP contribution in [0.2, 0.25) is 0 Å². The number of amides is 1. The maximum Gasteiger partial charge on any atom is 0.387 e. The second-order valence-corrected chi connectivity index (χ2v) is 4.89. The van der Waals surface area contributed by atoms with Crippen molar-refractivity contribution in [2.24, 2.45) is 0 Å². The molecule has 2 rings (SSSR count). The summed E-state index contributed by atoms with van der Waals surface area (Å²) in [6.07, 6.45) is 0. The van der Waals surface area contributed by atoms with E-state index in [9.17, 15) is 18.4 Å². The van der Waals surface area contributed by atoms with Gasteiger partial charge in [-0.1, -0.05) is 24.3 Å². The molecule has 6 nitrogen and oxygen atoms in total. The van der Waals surface area contributed by atoms with Gasteiger partial charge >= 0.3 is 12.6 Å². The number of hydrogen-bond donors (Lipinski definition) is 2. The molecular weight excluding hydrogens is 324 g/mol. The summed E-state index contributed by atoms with van der Waals surface area (Å²) in [5, 5.41) is 12.5. The highest BCUT2D eigenvalue weighted by atomic mass is 19.3. The summed E-state index contributed by atoms with van der Waals surface area (Å²) in [5.74, 6) is -2.48. The van der Waals surface area contributed by atoms with Gasteiger partial charge in [0, 0.05) is 7.11 Å². The SMILES string of the molecule is COCC(NC(=O)c1cc2ccccc2cc1OC(F)F)C(=O)O. The summed E-state index contributed by atoms with van der Waals surface area (Å²) < 4.78 is 34.3. The Morgan fingerprint density at radius 1 is 1.21 bits per heavy atom. The number of benzene rings is 2. The predicted molar refractivity (Wildman–Crippen MR) is 81.3 cm³/mol. The van der Waals surface area contributed by atoms with E-state index in [1.54, 1.807) is 24.3 Å². The molecule has 2 N–H and O–H groups in total. The van der Waals surface area contributed by atoms with Crippen molar-refractivity contribution >= 4 is 22.6 Å². The third-order valence-corrected chi connectivity index (χ3v) is 3.25. The number of carbonyl (C=O) groups excluding carboxylic acids is 1. The molecule has 0 radical (unpaired) electrons. The Kier molecular flexibility index (Phi) is 5.64. The molecule has 2 aromatic rings. The second-order valence-electron chi connectivity index (χ2n) is 4.89. The lowest BCUT2D eigenvalue weighted by atomic mass is 10.0. The normalized spacial score (nSPS) is 12.2. The predicted octanol–water partition coefficient (Wildman–Crippen LogP) is 2.27. The minimum absolute atomic E-state index is 0.184. The zero-order chi connectivity index (χ0) is 17.7. The third kappa shape index (κ3) is 4.17. The number of rotatable bonds is 7. The van der Waals surface area contributed by atoms with Crippen LogP contribution in [0.5, 0.6) is 5.75 Å². The summed E-state index contributed by atoms with van der Waals surface area (Å²) in [6.45, 7) is -3.38. The van der Waals surface area contributed by atoms with Gasteiger partial charge in [-0.2, -0.15) is 8.78 Å². The first-order valence-electron chi connectivity index (χ1n) is 6.92. The molecule has 24 heavy (non-hydrogen) atoms. The Hall–Kier alpha value is -2.74. The molecular formula is C16H15F2NO5. The molecule has 0 aromatic heterocycles. The first-order valence-corrected chi connectivity index (χ1v) is 6.92. The van der Waals surface area contributed by atoms with Gasteiger partial charge in [-0.15, -0.1) is 0 Å². The summed E-state index contributed by atoms with van der Waals surface area (Å²) in [7, 11) is 1.28. The van der Waals surface area contributed by atoms with Crippen LogP contribution in [0.4, 0.5) is 8.78 Å². The highest BCUT2D eigenvalue weighted by Crippen LogP contribution is 2.27. The van der Waals surface area contributed by atoms with Crippen LogP contribution in [0.15, 0.2) is 36.4 Å². The molecule has 8 heteroatoms. The standard InChI is InChI=1S/C16H15F2NO5/c1-23-8-12(15(21)22)19-14(20)11-6-9-4-2-3-5-10(9)7-13(11)24-16(17)18/h2-7,12,16H,8H2,1H3,(H,19,20)(H,21,22). The topological polar surface area (TPSA) is 84.9 Å². The van der Waals surface area contributed by atoms with Crippen LogP contribution in [-0.4, -0.2) is 43.4 Å². The molecule has 1 unspecified atom stereocenters. The molecule has 128 valence electrons. The minimum Gasteiger partial charge on any atom is -0.480 e. The number of carbonyl (C=O) groups is 2. The second kappa shape index (κ2) is 7.69. The van der Waals surface area contributed by atoms with Crippen LogP contribution in [0.25, 0.3) is 10.8 Å². The zero-order valence-corrected chi connectivity index (χ0v) is 12.7. The highest BCUT2D eigenvalue weighted by Gasteiger charge is 2.23. The van der Waals surface area contributed by atoms with Crippen LogP contribution in [0, 0.1) is 0 Å². The zero-order valence-electron chi connectivity index (χ0n) is 12.7. The lowest BCUT2D eigenvalue weighted by Gasteiger charge is -2.16. The smallest absolute Gasteiger partial charge is 0.387 e. The maximum atomic E-state index is 12.6. The maximum absolute atomic E-state index is 12.6. The molecule has 1 amide bonds. The molecule has 0 saturated heterocycles. The average molecular weight is 339 g/mol. The number of fused-ring (bicyclic) bond motifs is 1. The van der Waals surface area contributed by atoms with Crippen LogP contribution < -0.4 is 10.1 Å². The molecule has 2 aromatic carbocycles. The molecule has 0 fully saturated rings. The van der Waals surface area contributed by atoms with E-state index in [0.29, 0.717) is 10.8 Å². The van der Waals surface area contributed by atoms with Gasteiger partial charge in [0.25, 0.3) is 5.91 Å². The number of methoxy groups -OCH3 is 1. The van der Waals surface area contributed by atoms with Crippen LogP contribution in [0.1, 0.15) is 10.4 Å². The molecule has 0 spiro atoms. The van der Waals surface area contributed by atoms with E-state index in [2.05, 4.69) is 10.1 Å². The number of nitrogens with one attached hydrogen (secondary N) is 1. The Morgan fingerprint density at radius 2 is 1.83 bits per heavy atom. The van der Waals surface area contributed by atoms with E-state index >= 15 is 0 Å². The van der Waals surface area contributed by atoms with Gasteiger partial charge in [0.05, 0.1) is 12.2 Å². The average Bonchev–Trinajstić information content (AvgIpc) is 2.53. The van der Waals surface area contributed by atoms with Crippen molar-refractivity contribution in [3.8, 4) is 5.75 Å². The molecule has 0 saturated carbocycles. The number of hydrogen-bond acceptors (Lipinski definition) is 4. The van der Waals surface area contributed by atoms with Gasteiger partial charge in [0.1, 0.15) is 5.75 Å². The van der Waals surface area contributed by atoms with Crippen molar-refractivity contribution in [2.75, 3.05) is 13.7 Å². The first kappa shape index (κ1) is 17.6. The van der Waals surface area contributed by atoms with E-state index in [0.717, 1.165) is 0 Å². The fraction of sp³-hybridized carbons (Fsp3) is 0.250. The van der Waals surface area contributed by atoms with Crippen molar-refractivity contribution < 1.29 is 33.0 Å². The van der Waals surface area contributed by atoms with Gasteiger partial charge in [-0.25, -0.2) is 4.79 Å². The van der Waals surface area contributed by atoms with Crippen LogP contribution in [0.3, 0.4) is 0 Å². The quantitative estimate of drug-likeness (QED) is 0.808. The highest BCUT2D eigenvalue weighted by molar-refractivity contribution is 6.02. The summed E-state index contributed by atoms with van der Waals surface area (Å²) in [5.41, 5.74) is -0.184. The van der Waals surface area contributed by atoms with Crippen molar-refractivity contribution in [3.05, 3.63) is 42.0 Å². The van der Waals surface area contributed by atoms with Gasteiger partial charge in [-0.3, -0.25) is 4.79 Å². The molecule has 0 aliphatic heterocycles. The molecule has 0 bridgehead atoms. The van der Waals surface area contributed by atoms with Crippen molar-refractivity contribution in [1.82, 2.24) is 5.32 Å². The van der Waals surface area contributed by atoms with Crippen LogP contribution >= 0.6 is 0 Å². The fourth-order valence-corrected chi connectivity index (χ4v) is 2.17. The molecule has 0 aliphatic rings. The molecule has 0 aliphatic carbocycles. The monoisotopic (exact) mass is 339 g/mol. The summed E-state index contributed by atoms with van der Waals surface area (Å²) in [4.78, 5) is 23.4. The van der Waals surface area contributed by atoms with Crippen molar-refractivity contribution in [2.45, 2.75) is 12.7 Å². The number of carboxylic acids is 1. The Bertz CT molecular complexity index is 750. The first-order chi connectivity index (χ1) is 11.4. The number of ether oxygens (including phenoxy) is 2. The Balaban J connectivity index is 2.40. The van der Waals surface area contributed by atoms with Gasteiger partial charge in [-0.05, 0) is 22.9 Å². The van der Waals surface area contributed by atoms with Gasteiger partial charge in [0.2, 0.25) is 0 Å². The van der Waals surface area contributed by atoms with E-state index in [4.69, 9.17) is 9.84 Å². The van der Waals surface area contributed by atoms with E-state index < -0.39 is 24.5 Å². The van der Waals surface area contributed by atoms with E-state index in [-0.39, 0.29) is 17.9 Å². The fourth-order valence-electron chi connectivity index (χ4n) is 2.17. The van der Waals surface area contributed by atoms with Crippen molar-refractivity contribution in [1.29, 1.82) is 0 Å². The number of aliphatic carboxylic acids is 1. The minimum atomic E-state index is -3.12. The Morgan fingerprint density at radius 3 is 2.38 bits per heavy atom. The third-order valence-electron chi connectivity index (χ3n) is 3.25. The Labute approximate surface area is 136 Å². The van der Waals surface area contributed by atoms with Gasteiger partial charge in [0.15, 0.2) is 6.04 Å². The summed E-state index contributed by atoms with van der Waals surface area (Å²) in [6, 6.07) is 8.18. The van der Waals surface area contributed by atoms with Crippen molar-refractivity contribution in [3.63, 3.8) is 0 Å². The lowest BCUT2D eigenvalue weighted by molar-refractivity contribution is -0.140. The molecule has 1 atom stereocenters. The number of carboxylic acid groups (broad SMARTS) is 1. The number of alkyl halides is 2. The van der Waals surface area contributed by atoms with E-state index in [1.165, 1.54) is 19.2 Å². The number of halogens is 2.